The zero-order valence-corrected chi connectivity index (χ0v) is 12.5. The maximum Gasteiger partial charge on any atom is 0.338 e. The van der Waals surface area contributed by atoms with Crippen molar-refractivity contribution in [2.75, 3.05) is 12.8 Å². The summed E-state index contributed by atoms with van der Waals surface area (Å²) in [5.41, 5.74) is 7.92. The van der Waals surface area contributed by atoms with Gasteiger partial charge in [-0.15, -0.1) is 0 Å². The summed E-state index contributed by atoms with van der Waals surface area (Å²) in [5.74, 6) is -0.0314. The summed E-state index contributed by atoms with van der Waals surface area (Å²) in [6.45, 7) is 8.02. The van der Waals surface area contributed by atoms with Gasteiger partial charge in [0.15, 0.2) is 0 Å². The van der Waals surface area contributed by atoms with E-state index in [1.54, 1.807) is 6.07 Å². The predicted molar refractivity (Wildman–Crippen MR) is 79.9 cm³/mol. The van der Waals surface area contributed by atoms with Crippen LogP contribution in [0.4, 0.5) is 5.82 Å². The maximum absolute atomic E-state index is 11.6. The van der Waals surface area contributed by atoms with Crippen molar-refractivity contribution in [2.45, 2.75) is 40.5 Å². The van der Waals surface area contributed by atoms with E-state index < -0.39 is 5.97 Å². The van der Waals surface area contributed by atoms with Crippen LogP contribution in [0.15, 0.2) is 18.3 Å². The number of nitrogen functional groups attached to an aromatic ring is 1. The molecule has 0 aliphatic carbocycles. The number of allylic oxidation sites excluding steroid dienone is 2. The largest absolute Gasteiger partial charge is 0.465 e. The zero-order chi connectivity index (χ0) is 14.8. The first-order valence-corrected chi connectivity index (χ1v) is 6.61. The fourth-order valence-corrected chi connectivity index (χ4v) is 1.64. The molecule has 0 aromatic carbocycles. The lowest BCUT2D eigenvalue weighted by molar-refractivity contribution is 0.0600. The van der Waals surface area contributed by atoms with Crippen molar-refractivity contribution in [3.05, 3.63) is 29.5 Å². The molecule has 0 atom stereocenters. The fraction of sp³-hybridized carbons (Fsp3) is 0.467. The topological polar surface area (TPSA) is 65.2 Å². The minimum atomic E-state index is -0.390. The smallest absolute Gasteiger partial charge is 0.338 e. The molecule has 0 aliphatic rings. The molecule has 106 valence electrons. The van der Waals surface area contributed by atoms with Gasteiger partial charge in [-0.2, -0.15) is 0 Å². The Labute approximate surface area is 115 Å². The van der Waals surface area contributed by atoms with Crippen LogP contribution in [-0.2, 0) is 4.74 Å². The zero-order valence-electron chi connectivity index (χ0n) is 12.5. The van der Waals surface area contributed by atoms with E-state index in [1.807, 2.05) is 20.8 Å². The molecule has 0 fully saturated rings. The molecule has 0 saturated heterocycles. The van der Waals surface area contributed by atoms with Gasteiger partial charge in [-0.25, -0.2) is 9.78 Å². The summed E-state index contributed by atoms with van der Waals surface area (Å²) < 4.78 is 4.74. The first-order chi connectivity index (χ1) is 9.11. The highest BCUT2D eigenvalue weighted by atomic mass is 16.5. The molecule has 4 nitrogen and oxygen atoms in total. The molecule has 19 heavy (non-hydrogen) atoms. The number of hydrogen-bond donors (Lipinski definition) is 1. The fourth-order valence-electron chi connectivity index (χ4n) is 1.64. The van der Waals surface area contributed by atoms with E-state index in [0.717, 1.165) is 18.4 Å². The van der Waals surface area contributed by atoms with Crippen LogP contribution < -0.4 is 5.73 Å². The van der Waals surface area contributed by atoms with Crippen LogP contribution in [0.1, 0.15) is 56.5 Å². The number of ether oxygens (including phenoxy) is 1. The molecule has 0 unspecified atom stereocenters. The van der Waals surface area contributed by atoms with Crippen LogP contribution in [0.2, 0.25) is 0 Å². The number of pyridine rings is 1. The van der Waals surface area contributed by atoms with E-state index in [9.17, 15) is 4.79 Å². The monoisotopic (exact) mass is 264 g/mol. The molecule has 1 heterocycles. The lowest BCUT2D eigenvalue weighted by Crippen LogP contribution is -2.08. The highest BCUT2D eigenvalue weighted by Gasteiger charge is 2.15. The Bertz CT molecular complexity index is 440. The van der Waals surface area contributed by atoms with Crippen molar-refractivity contribution >= 4 is 17.4 Å². The second-order valence-electron chi connectivity index (χ2n) is 3.79. The van der Waals surface area contributed by atoms with Gasteiger partial charge in [0.25, 0.3) is 0 Å². The first-order valence-electron chi connectivity index (χ1n) is 6.61. The number of unbranched alkanes of at least 4 members (excludes halogenated alkanes) is 1. The van der Waals surface area contributed by atoms with Gasteiger partial charge in [0.05, 0.1) is 12.7 Å². The Hall–Kier alpha value is -1.84. The van der Waals surface area contributed by atoms with Crippen LogP contribution in [0.5, 0.6) is 0 Å². The Morgan fingerprint density at radius 3 is 2.63 bits per heavy atom. The highest BCUT2D eigenvalue weighted by molar-refractivity contribution is 5.97. The van der Waals surface area contributed by atoms with Gasteiger partial charge in [0.2, 0.25) is 0 Å². The molecule has 0 spiro atoms. The van der Waals surface area contributed by atoms with Crippen LogP contribution in [-0.4, -0.2) is 18.1 Å². The molecule has 0 saturated carbocycles. The number of nitrogens with two attached hydrogens (primary N) is 1. The van der Waals surface area contributed by atoms with Crippen LogP contribution >= 0.6 is 0 Å². The highest BCUT2D eigenvalue weighted by Crippen LogP contribution is 2.24. The minimum Gasteiger partial charge on any atom is -0.465 e. The second-order valence-corrected chi connectivity index (χ2v) is 3.79. The van der Waals surface area contributed by atoms with Crippen LogP contribution in [0.25, 0.3) is 5.57 Å². The molecule has 0 aliphatic heterocycles. The number of carbonyl (C=O) groups is 1. The molecule has 1 aromatic heterocycles. The summed E-state index contributed by atoms with van der Waals surface area (Å²) in [7, 11) is 1.35. The number of carbonyl (C=O) groups excluding carboxylic acids is 1. The number of hydrogen-bond acceptors (Lipinski definition) is 4. The quantitative estimate of drug-likeness (QED) is 0.842. The molecule has 0 radical (unpaired) electrons. The summed E-state index contributed by atoms with van der Waals surface area (Å²) in [5, 5.41) is 0. The molecule has 0 bridgehead atoms. The average molecular weight is 264 g/mol. The van der Waals surface area contributed by atoms with Gasteiger partial charge < -0.3 is 10.5 Å². The number of methoxy groups -OCH3 is 1. The molecule has 1 aromatic rings. The van der Waals surface area contributed by atoms with Gasteiger partial charge in [0.1, 0.15) is 5.82 Å². The summed E-state index contributed by atoms with van der Waals surface area (Å²) >= 11 is 0. The number of esters is 1. The van der Waals surface area contributed by atoms with Crippen molar-refractivity contribution in [3.8, 4) is 0 Å². The third-order valence-corrected chi connectivity index (χ3v) is 2.52. The lowest BCUT2D eigenvalue weighted by atomic mass is 10.0. The standard InChI is InChI=1S/C13H18N2O2.C2H6/c1-4-5-6-9(2)11-10(13(16)17-3)7-8-15-12(11)14;1-2/h6-8H,4-5H2,1-3H3,(H2,14,15);1-2H3/b9-6-;. The van der Waals surface area contributed by atoms with Crippen molar-refractivity contribution in [2.24, 2.45) is 0 Å². The van der Waals surface area contributed by atoms with Crippen LogP contribution in [0.3, 0.4) is 0 Å². The van der Waals surface area contributed by atoms with Gasteiger partial charge in [-0.1, -0.05) is 33.3 Å². The lowest BCUT2D eigenvalue weighted by Gasteiger charge is -2.10. The molecule has 2 N–H and O–H groups in total. The Kier molecular flexibility index (Phi) is 8.25. The first kappa shape index (κ1) is 17.2. The molecular weight excluding hydrogens is 240 g/mol. The van der Waals surface area contributed by atoms with Gasteiger partial charge in [-0.05, 0) is 25.0 Å². The van der Waals surface area contributed by atoms with Crippen molar-refractivity contribution < 1.29 is 9.53 Å². The number of anilines is 1. The SMILES string of the molecule is CC.CCC/C=C(/C)c1c(C(=O)OC)ccnc1N. The third kappa shape index (κ3) is 4.73. The average Bonchev–Trinajstić information content (AvgIpc) is 2.45. The second kappa shape index (κ2) is 9.14. The summed E-state index contributed by atoms with van der Waals surface area (Å²) in [6, 6.07) is 1.63. The molecular formula is C15H24N2O2. The van der Waals surface area contributed by atoms with E-state index >= 15 is 0 Å². The third-order valence-electron chi connectivity index (χ3n) is 2.52. The van der Waals surface area contributed by atoms with E-state index in [4.69, 9.17) is 10.5 Å². The maximum atomic E-state index is 11.6. The van der Waals surface area contributed by atoms with Gasteiger partial charge in [-0.3, -0.25) is 0 Å². The Morgan fingerprint density at radius 2 is 2.11 bits per heavy atom. The van der Waals surface area contributed by atoms with Gasteiger partial charge >= 0.3 is 5.97 Å². The van der Waals surface area contributed by atoms with Crippen molar-refractivity contribution in [1.82, 2.24) is 4.98 Å². The van der Waals surface area contributed by atoms with Crippen LogP contribution in [0, 0.1) is 0 Å². The number of nitrogens with zero attached hydrogens (tertiary/aromatic N) is 1. The minimum absolute atomic E-state index is 0.359. The molecule has 4 heteroatoms. The Morgan fingerprint density at radius 1 is 1.47 bits per heavy atom. The van der Waals surface area contributed by atoms with Gasteiger partial charge in [0, 0.05) is 11.8 Å². The molecule has 0 amide bonds. The number of aromatic nitrogens is 1. The Balaban J connectivity index is 0.00000154. The van der Waals surface area contributed by atoms with Crippen molar-refractivity contribution in [3.63, 3.8) is 0 Å². The van der Waals surface area contributed by atoms with E-state index in [1.165, 1.54) is 13.3 Å². The van der Waals surface area contributed by atoms with E-state index in [2.05, 4.69) is 18.0 Å². The summed E-state index contributed by atoms with van der Waals surface area (Å²) in [6.07, 6.45) is 5.56. The van der Waals surface area contributed by atoms with E-state index in [0.29, 0.717) is 16.9 Å². The number of rotatable bonds is 4. The normalized spacial score (nSPS) is 10.5. The van der Waals surface area contributed by atoms with E-state index in [-0.39, 0.29) is 0 Å². The molecule has 1 rings (SSSR count). The van der Waals surface area contributed by atoms with Crippen molar-refractivity contribution in [1.29, 1.82) is 0 Å². The summed E-state index contributed by atoms with van der Waals surface area (Å²) in [4.78, 5) is 15.6. The predicted octanol–water partition coefficient (Wildman–Crippen LogP) is 3.68.